The van der Waals surface area contributed by atoms with Crippen LogP contribution in [-0.2, 0) is 20.8 Å². The minimum atomic E-state index is -1.03. The van der Waals surface area contributed by atoms with Crippen molar-refractivity contribution in [1.82, 2.24) is 9.88 Å². The smallest absolute Gasteiger partial charge is 0.455 e. The fraction of sp³-hybridized carbons (Fsp3) is 0.364. The van der Waals surface area contributed by atoms with Crippen molar-refractivity contribution in [1.29, 1.82) is 0 Å². The highest BCUT2D eigenvalue weighted by Crippen LogP contribution is 2.52. The minimum absolute atomic E-state index is 0.104. The maximum absolute atomic E-state index is 13.9. The second-order valence-corrected chi connectivity index (χ2v) is 13.8. The molecule has 2 fully saturated rings. The lowest BCUT2D eigenvalue weighted by Gasteiger charge is -2.44. The summed E-state index contributed by atoms with van der Waals surface area (Å²) in [5, 5.41) is 23.5. The number of imide groups is 1. The van der Waals surface area contributed by atoms with Crippen molar-refractivity contribution in [3.05, 3.63) is 91.9 Å². The van der Waals surface area contributed by atoms with Gasteiger partial charge >= 0.3 is 7.12 Å². The van der Waals surface area contributed by atoms with E-state index in [-0.39, 0.29) is 29.4 Å². The summed E-state index contributed by atoms with van der Waals surface area (Å²) in [6.45, 7) is 4.55. The summed E-state index contributed by atoms with van der Waals surface area (Å²) in [7, 11) is -1.03. The molecule has 43 heavy (non-hydrogen) atoms. The number of aromatic hydroxyl groups is 1. The van der Waals surface area contributed by atoms with Crippen LogP contribution in [0.5, 0.6) is 5.75 Å². The zero-order valence-electron chi connectivity index (χ0n) is 24.2. The van der Waals surface area contributed by atoms with Gasteiger partial charge in [0.1, 0.15) is 5.75 Å². The molecule has 3 aromatic rings. The summed E-state index contributed by atoms with van der Waals surface area (Å²) in [5.74, 6) is -1.07. The average molecular weight is 661 g/mol. The van der Waals surface area contributed by atoms with Crippen LogP contribution >= 0.6 is 27.3 Å². The van der Waals surface area contributed by atoms with Crippen LogP contribution in [0.2, 0.25) is 6.32 Å². The van der Waals surface area contributed by atoms with Crippen LogP contribution in [0.3, 0.4) is 0 Å². The number of likely N-dealkylation sites (tertiary alicyclic amines) is 1. The van der Waals surface area contributed by atoms with Crippen molar-refractivity contribution in [2.75, 3.05) is 0 Å². The van der Waals surface area contributed by atoms with E-state index >= 15 is 0 Å². The molecule has 222 valence electrons. The van der Waals surface area contributed by atoms with E-state index in [9.17, 15) is 19.7 Å². The van der Waals surface area contributed by atoms with Crippen LogP contribution in [0.4, 0.5) is 0 Å². The Morgan fingerprint density at radius 1 is 1.19 bits per heavy atom. The molecule has 2 aliphatic heterocycles. The number of halogens is 1. The number of phenolic OH excluding ortho intramolecular Hbond substituents is 1. The molecule has 0 saturated carbocycles. The molecule has 10 heteroatoms. The van der Waals surface area contributed by atoms with Crippen molar-refractivity contribution >= 4 is 57.8 Å². The van der Waals surface area contributed by atoms with Crippen LogP contribution < -0.4 is 0 Å². The molecular weight excluding hydrogens is 627 g/mol. The first kappa shape index (κ1) is 30.0. The Kier molecular flexibility index (Phi) is 8.73. The van der Waals surface area contributed by atoms with Gasteiger partial charge in [0.25, 0.3) is 0 Å². The molecular formula is C33H34BBrN2O5S. The molecule has 4 atom stereocenters. The number of rotatable bonds is 8. The van der Waals surface area contributed by atoms with E-state index in [0.29, 0.717) is 37.7 Å². The van der Waals surface area contributed by atoms with Crippen molar-refractivity contribution in [3.63, 3.8) is 0 Å². The molecule has 7 nitrogen and oxygen atoms in total. The second kappa shape index (κ2) is 12.5. The third-order valence-electron chi connectivity index (χ3n) is 8.92. The number of carbonyl (C=O) groups is 2. The fourth-order valence-corrected chi connectivity index (χ4v) is 8.04. The van der Waals surface area contributed by atoms with Gasteiger partial charge < -0.3 is 14.8 Å². The van der Waals surface area contributed by atoms with Crippen molar-refractivity contribution in [2.45, 2.75) is 52.1 Å². The number of nitrogens with zero attached hydrogens (tertiary/aromatic N) is 2. The number of carbonyl (C=O) groups excluding carboxylic acids is 2. The molecule has 1 aliphatic carbocycles. The van der Waals surface area contributed by atoms with Gasteiger partial charge in [-0.2, -0.15) is 0 Å². The number of fused-ring (bicyclic) bond motifs is 3. The van der Waals surface area contributed by atoms with Crippen molar-refractivity contribution in [2.24, 2.45) is 23.7 Å². The first-order valence-corrected chi connectivity index (χ1v) is 16.4. The zero-order chi connectivity index (χ0) is 30.2. The van der Waals surface area contributed by atoms with Gasteiger partial charge in [-0.15, -0.1) is 11.3 Å². The van der Waals surface area contributed by atoms with Crippen LogP contribution in [0.15, 0.2) is 75.7 Å². The van der Waals surface area contributed by atoms with Gasteiger partial charge in [0.2, 0.25) is 11.8 Å². The minimum Gasteiger partial charge on any atom is -0.507 e. The lowest BCUT2D eigenvalue weighted by molar-refractivity contribution is -0.140. The highest BCUT2D eigenvalue weighted by Gasteiger charge is 2.57. The summed E-state index contributed by atoms with van der Waals surface area (Å²) in [6, 6.07) is 14.9. The van der Waals surface area contributed by atoms with Gasteiger partial charge in [-0.05, 0) is 96.4 Å². The first-order chi connectivity index (χ1) is 20.7. The third-order valence-corrected chi connectivity index (χ3v) is 10.3. The van der Waals surface area contributed by atoms with E-state index in [0.717, 1.165) is 31.8 Å². The number of phenols is 1. The number of benzene rings is 1. The Labute approximate surface area is 264 Å². The van der Waals surface area contributed by atoms with Crippen LogP contribution in [0.1, 0.15) is 49.2 Å². The van der Waals surface area contributed by atoms with E-state index < -0.39 is 25.1 Å². The molecule has 3 aliphatic rings. The normalized spacial score (nSPS) is 24.2. The Morgan fingerprint density at radius 3 is 2.74 bits per heavy atom. The summed E-state index contributed by atoms with van der Waals surface area (Å²) in [5.41, 5.74) is 4.61. The fourth-order valence-electron chi connectivity index (χ4n) is 6.97. The number of allylic oxidation sites excluding steroid dienone is 2. The van der Waals surface area contributed by atoms with Gasteiger partial charge in [0.05, 0.1) is 30.2 Å². The Morgan fingerprint density at radius 2 is 2.02 bits per heavy atom. The van der Waals surface area contributed by atoms with Gasteiger partial charge in [0, 0.05) is 21.1 Å². The number of aromatic nitrogens is 1. The van der Waals surface area contributed by atoms with Crippen LogP contribution in [-0.4, -0.2) is 45.1 Å². The third kappa shape index (κ3) is 6.03. The summed E-state index contributed by atoms with van der Waals surface area (Å²) in [4.78, 5) is 34.5. The Hall–Kier alpha value is -3.05. The molecule has 0 unspecified atom stereocenters. The van der Waals surface area contributed by atoms with Gasteiger partial charge in [-0.1, -0.05) is 47.5 Å². The summed E-state index contributed by atoms with van der Waals surface area (Å²) >= 11 is 5.04. The molecule has 0 radical (unpaired) electrons. The number of amides is 2. The number of thiophene rings is 1. The van der Waals surface area contributed by atoms with E-state index in [1.807, 2.05) is 47.9 Å². The van der Waals surface area contributed by atoms with Crippen LogP contribution in [0, 0.1) is 23.7 Å². The quantitative estimate of drug-likeness (QED) is 0.161. The Bertz CT molecular complexity index is 1580. The molecule has 1 aromatic carbocycles. The largest absolute Gasteiger partial charge is 0.507 e. The van der Waals surface area contributed by atoms with E-state index in [4.69, 9.17) is 4.65 Å². The zero-order valence-corrected chi connectivity index (χ0v) is 26.6. The van der Waals surface area contributed by atoms with Gasteiger partial charge in [-0.25, -0.2) is 0 Å². The number of hydrogen-bond donors (Lipinski definition) is 2. The highest BCUT2D eigenvalue weighted by molar-refractivity contribution is 9.10. The van der Waals surface area contributed by atoms with Crippen molar-refractivity contribution < 1.29 is 24.4 Å². The standard InChI is InChI=1S/C33H34BBrN2O5S/c1-19(2)24-16-25-31(33(40)37(32(25)39)18-23-6-5-13-43-23)26-17-34(41)42-29(30(24)26)11-8-20(27-7-3-4-12-36-27)14-21-15-22(35)9-10-28(21)38/h3-7,9-10,12-15,19,25-26,29,31,38,41H,8,11,16-18H2,1-2H3/b20-14-/t25-,26+,29-,31-/m1/s1. The molecule has 2 N–H and O–H groups in total. The van der Waals surface area contributed by atoms with Crippen molar-refractivity contribution in [3.8, 4) is 5.75 Å². The second-order valence-electron chi connectivity index (χ2n) is 11.9. The lowest BCUT2D eigenvalue weighted by atomic mass is 9.57. The molecule has 0 bridgehead atoms. The van der Waals surface area contributed by atoms with Gasteiger partial charge in [0.15, 0.2) is 0 Å². The predicted molar refractivity (Wildman–Crippen MR) is 172 cm³/mol. The SMILES string of the molecule is CC(C)C1=C2[C@@H](CC/C(=C/c3cc(Br)ccc3O)c3ccccn3)OB(O)C[C@@H]2[C@@H]2C(=O)N(Cc3cccs3)C(=O)[C@@H]2C1. The lowest BCUT2D eigenvalue weighted by Crippen LogP contribution is -2.46. The molecule has 2 amide bonds. The molecule has 6 rings (SSSR count). The maximum atomic E-state index is 13.9. The number of hydrogen-bond acceptors (Lipinski definition) is 7. The molecule has 4 heterocycles. The predicted octanol–water partition coefficient (Wildman–Crippen LogP) is 6.59. The van der Waals surface area contributed by atoms with Gasteiger partial charge in [-0.3, -0.25) is 19.5 Å². The molecule has 0 spiro atoms. The molecule has 2 aromatic heterocycles. The van der Waals surface area contributed by atoms with E-state index in [1.165, 1.54) is 4.90 Å². The molecule has 2 saturated heterocycles. The highest BCUT2D eigenvalue weighted by atomic mass is 79.9. The average Bonchev–Trinajstić information content (AvgIpc) is 3.59. The summed E-state index contributed by atoms with van der Waals surface area (Å²) < 4.78 is 7.08. The summed E-state index contributed by atoms with van der Waals surface area (Å²) in [6.07, 6.45) is 5.21. The van der Waals surface area contributed by atoms with E-state index in [2.05, 4.69) is 34.8 Å². The number of pyridine rings is 1. The Balaban J connectivity index is 1.32. The van der Waals surface area contributed by atoms with Crippen LogP contribution in [0.25, 0.3) is 11.6 Å². The maximum Gasteiger partial charge on any atom is 0.455 e. The van der Waals surface area contributed by atoms with E-state index in [1.54, 1.807) is 29.7 Å². The first-order valence-electron chi connectivity index (χ1n) is 14.8. The monoisotopic (exact) mass is 660 g/mol. The topological polar surface area (TPSA) is 100.0 Å².